The number of nitrogens with zero attached hydrogens (tertiary/aromatic N) is 2. The van der Waals surface area contributed by atoms with E-state index in [1.807, 2.05) is 10.8 Å². The minimum atomic E-state index is -0.252. The van der Waals surface area contributed by atoms with Gasteiger partial charge in [-0.1, -0.05) is 6.92 Å². The third kappa shape index (κ3) is 2.83. The van der Waals surface area contributed by atoms with Crippen LogP contribution in [0.15, 0.2) is 34.9 Å². The fourth-order valence-electron chi connectivity index (χ4n) is 2.33. The first-order valence-electron chi connectivity index (χ1n) is 6.87. The van der Waals surface area contributed by atoms with E-state index in [1.54, 1.807) is 12.1 Å². The second kappa shape index (κ2) is 5.50. The molecule has 0 bridgehead atoms. The smallest absolute Gasteiger partial charge is 0.270 e. The number of rotatable bonds is 5. The molecule has 0 saturated heterocycles. The molecule has 1 aromatic heterocycles. The van der Waals surface area contributed by atoms with Gasteiger partial charge >= 0.3 is 0 Å². The number of aromatic nitrogens is 1. The van der Waals surface area contributed by atoms with Crippen LogP contribution in [0.25, 0.3) is 11.3 Å². The summed E-state index contributed by atoms with van der Waals surface area (Å²) in [6, 6.07) is 6.94. The van der Waals surface area contributed by atoms with Gasteiger partial charge in [-0.3, -0.25) is 9.47 Å². The maximum Gasteiger partial charge on any atom is 0.270 e. The van der Waals surface area contributed by atoms with Gasteiger partial charge in [0.05, 0.1) is 12.9 Å². The second-order valence-corrected chi connectivity index (χ2v) is 5.46. The van der Waals surface area contributed by atoms with Gasteiger partial charge < -0.3 is 4.42 Å². The third-order valence-corrected chi connectivity index (χ3v) is 3.95. The summed E-state index contributed by atoms with van der Waals surface area (Å²) in [6.07, 6.45) is 4.44. The van der Waals surface area contributed by atoms with Crippen LogP contribution in [-0.2, 0) is 6.67 Å². The SMILES string of the molecule is CCN(Cn1cc(-c2ccc(F)cc2)oc1=S)C1CC1. The predicted octanol–water partition coefficient (Wildman–Crippen LogP) is 4.06. The molecule has 5 heteroatoms. The largest absolute Gasteiger partial charge is 0.429 e. The molecule has 0 amide bonds. The molecule has 20 heavy (non-hydrogen) atoms. The molecule has 1 aromatic carbocycles. The minimum absolute atomic E-state index is 0.252. The van der Waals surface area contributed by atoms with Crippen molar-refractivity contribution < 1.29 is 8.81 Å². The van der Waals surface area contributed by atoms with Gasteiger partial charge in [0, 0.05) is 11.6 Å². The average molecular weight is 292 g/mol. The van der Waals surface area contributed by atoms with E-state index in [2.05, 4.69) is 11.8 Å². The Morgan fingerprint density at radius 3 is 2.65 bits per heavy atom. The van der Waals surface area contributed by atoms with E-state index in [1.165, 1.54) is 25.0 Å². The van der Waals surface area contributed by atoms with Crippen molar-refractivity contribution >= 4 is 12.2 Å². The monoisotopic (exact) mass is 292 g/mol. The van der Waals surface area contributed by atoms with E-state index in [0.717, 1.165) is 18.8 Å². The van der Waals surface area contributed by atoms with Crippen molar-refractivity contribution in [3.63, 3.8) is 0 Å². The van der Waals surface area contributed by atoms with Gasteiger partial charge in [-0.25, -0.2) is 4.39 Å². The molecule has 0 unspecified atom stereocenters. The van der Waals surface area contributed by atoms with Crippen molar-refractivity contribution in [2.75, 3.05) is 6.54 Å². The van der Waals surface area contributed by atoms with E-state index >= 15 is 0 Å². The van der Waals surface area contributed by atoms with Crippen LogP contribution >= 0.6 is 12.2 Å². The predicted molar refractivity (Wildman–Crippen MR) is 78.3 cm³/mol. The first-order valence-corrected chi connectivity index (χ1v) is 7.28. The van der Waals surface area contributed by atoms with Gasteiger partial charge in [0.25, 0.3) is 4.84 Å². The molecule has 0 atom stereocenters. The first kappa shape index (κ1) is 13.5. The molecule has 1 fully saturated rings. The average Bonchev–Trinajstić information content (AvgIpc) is 3.22. The van der Waals surface area contributed by atoms with Gasteiger partial charge in [0.2, 0.25) is 0 Å². The Bertz CT molecular complexity index is 643. The van der Waals surface area contributed by atoms with Gasteiger partial charge in [-0.05, 0) is 55.9 Å². The first-order chi connectivity index (χ1) is 9.67. The summed E-state index contributed by atoms with van der Waals surface area (Å²) in [5.41, 5.74) is 0.839. The Labute approximate surface area is 122 Å². The fraction of sp³-hybridized carbons (Fsp3) is 0.400. The summed E-state index contributed by atoms with van der Waals surface area (Å²) in [4.78, 5) is 2.85. The quantitative estimate of drug-likeness (QED) is 0.776. The highest BCUT2D eigenvalue weighted by atomic mass is 32.1. The van der Waals surface area contributed by atoms with E-state index in [0.29, 0.717) is 16.6 Å². The van der Waals surface area contributed by atoms with Crippen LogP contribution in [0.1, 0.15) is 19.8 Å². The summed E-state index contributed by atoms with van der Waals surface area (Å²) in [7, 11) is 0. The Kier molecular flexibility index (Phi) is 3.72. The summed E-state index contributed by atoms with van der Waals surface area (Å²) < 4.78 is 20.5. The Hall–Kier alpha value is -1.46. The van der Waals surface area contributed by atoms with Crippen LogP contribution in [0.5, 0.6) is 0 Å². The van der Waals surface area contributed by atoms with Gasteiger partial charge in [-0.15, -0.1) is 0 Å². The van der Waals surface area contributed by atoms with Crippen molar-refractivity contribution in [3.05, 3.63) is 41.1 Å². The number of oxazole rings is 1. The molecule has 2 aromatic rings. The van der Waals surface area contributed by atoms with Gasteiger partial charge in [-0.2, -0.15) is 0 Å². The maximum atomic E-state index is 12.9. The molecule has 1 saturated carbocycles. The lowest BCUT2D eigenvalue weighted by Gasteiger charge is -2.19. The molecule has 0 N–H and O–H groups in total. The zero-order valence-corrected chi connectivity index (χ0v) is 12.2. The number of hydrogen-bond donors (Lipinski definition) is 0. The van der Waals surface area contributed by atoms with Crippen LogP contribution < -0.4 is 0 Å². The highest BCUT2D eigenvalue weighted by molar-refractivity contribution is 7.71. The Morgan fingerprint density at radius 2 is 2.05 bits per heavy atom. The Morgan fingerprint density at radius 1 is 1.35 bits per heavy atom. The summed E-state index contributed by atoms with van der Waals surface area (Å²) in [5, 5.41) is 0. The lowest BCUT2D eigenvalue weighted by Crippen LogP contribution is -2.28. The maximum absolute atomic E-state index is 12.9. The molecule has 3 rings (SSSR count). The second-order valence-electron chi connectivity index (χ2n) is 5.12. The van der Waals surface area contributed by atoms with E-state index in [9.17, 15) is 4.39 Å². The standard InChI is InChI=1S/C15H17FN2OS/c1-2-17(13-7-8-13)10-18-9-14(19-15(18)20)11-3-5-12(16)6-4-11/h3-6,9,13H,2,7-8,10H2,1H3. The zero-order valence-electron chi connectivity index (χ0n) is 11.4. The molecule has 0 aliphatic heterocycles. The molecule has 0 spiro atoms. The molecule has 1 heterocycles. The van der Waals surface area contributed by atoms with Crippen LogP contribution in [0, 0.1) is 10.7 Å². The lowest BCUT2D eigenvalue weighted by atomic mass is 10.2. The highest BCUT2D eigenvalue weighted by Gasteiger charge is 2.28. The van der Waals surface area contributed by atoms with E-state index < -0.39 is 0 Å². The molecule has 0 radical (unpaired) electrons. The van der Waals surface area contributed by atoms with E-state index in [-0.39, 0.29) is 5.82 Å². The summed E-state index contributed by atoms with van der Waals surface area (Å²) in [6.45, 7) is 3.91. The summed E-state index contributed by atoms with van der Waals surface area (Å²) in [5.74, 6) is 0.430. The minimum Gasteiger partial charge on any atom is -0.429 e. The van der Waals surface area contributed by atoms with Crippen molar-refractivity contribution in [2.45, 2.75) is 32.5 Å². The van der Waals surface area contributed by atoms with Crippen molar-refractivity contribution in [3.8, 4) is 11.3 Å². The van der Waals surface area contributed by atoms with Crippen LogP contribution in [0.4, 0.5) is 4.39 Å². The highest BCUT2D eigenvalue weighted by Crippen LogP contribution is 2.28. The van der Waals surface area contributed by atoms with Gasteiger partial charge in [0.15, 0.2) is 5.76 Å². The number of benzene rings is 1. The molecular weight excluding hydrogens is 275 g/mol. The Balaban J connectivity index is 1.83. The third-order valence-electron chi connectivity index (χ3n) is 3.64. The van der Waals surface area contributed by atoms with Crippen molar-refractivity contribution in [1.29, 1.82) is 0 Å². The molecule has 106 valence electrons. The molecule has 3 nitrogen and oxygen atoms in total. The number of hydrogen-bond acceptors (Lipinski definition) is 3. The fourth-order valence-corrected chi connectivity index (χ4v) is 2.53. The van der Waals surface area contributed by atoms with E-state index in [4.69, 9.17) is 16.6 Å². The lowest BCUT2D eigenvalue weighted by molar-refractivity contribution is 0.214. The normalized spacial score (nSPS) is 14.9. The van der Waals surface area contributed by atoms with Crippen LogP contribution in [0.3, 0.4) is 0 Å². The summed E-state index contributed by atoms with van der Waals surface area (Å²) >= 11 is 5.27. The van der Waals surface area contributed by atoms with Crippen LogP contribution in [0.2, 0.25) is 0 Å². The van der Waals surface area contributed by atoms with Gasteiger partial charge in [0.1, 0.15) is 5.82 Å². The number of halogens is 1. The van der Waals surface area contributed by atoms with Crippen molar-refractivity contribution in [1.82, 2.24) is 9.47 Å². The van der Waals surface area contributed by atoms with Crippen molar-refractivity contribution in [2.24, 2.45) is 0 Å². The molecule has 1 aliphatic carbocycles. The molecular formula is C15H17FN2OS. The zero-order chi connectivity index (χ0) is 14.1. The van der Waals surface area contributed by atoms with Crippen LogP contribution in [-0.4, -0.2) is 22.1 Å². The molecule has 1 aliphatic rings. The topological polar surface area (TPSA) is 21.3 Å².